The number of nitrogens with zero attached hydrogens (tertiary/aromatic N) is 4. The summed E-state index contributed by atoms with van der Waals surface area (Å²) in [5, 5.41) is 15.4. The van der Waals surface area contributed by atoms with Crippen molar-refractivity contribution in [2.45, 2.75) is 6.92 Å². The molecule has 0 spiro atoms. The van der Waals surface area contributed by atoms with Crippen molar-refractivity contribution in [3.8, 4) is 28.4 Å². The van der Waals surface area contributed by atoms with Gasteiger partial charge in [0.25, 0.3) is 0 Å². The molecule has 0 atom stereocenters. The summed E-state index contributed by atoms with van der Waals surface area (Å²) in [4.78, 5) is 11.9. The second kappa shape index (κ2) is 7.59. The highest BCUT2D eigenvalue weighted by Gasteiger charge is 2.20. The number of anilines is 1. The molecule has 5 nitrogen and oxygen atoms in total. The molecule has 0 amide bonds. The Kier molecular flexibility index (Phi) is 4.52. The maximum Gasteiger partial charge on any atom is 0.219 e. The Morgan fingerprint density at radius 3 is 2.03 bits per heavy atom. The average molecular weight is 445 g/mol. The zero-order valence-corrected chi connectivity index (χ0v) is 19.3. The summed E-state index contributed by atoms with van der Waals surface area (Å²) in [6, 6.07) is 27.2. The van der Waals surface area contributed by atoms with Crippen LogP contribution in [0.2, 0.25) is 0 Å². The molecule has 2 heterocycles. The number of hydrogen-bond donors (Lipinski definition) is 1. The van der Waals surface area contributed by atoms with Crippen molar-refractivity contribution in [2.75, 3.05) is 19.0 Å². The van der Waals surface area contributed by atoms with Crippen LogP contribution in [0.5, 0.6) is 5.88 Å². The molecule has 6 aromatic rings. The van der Waals surface area contributed by atoms with Crippen LogP contribution in [0.4, 0.5) is 5.69 Å². The molecule has 0 aliphatic carbocycles. The van der Waals surface area contributed by atoms with E-state index in [-0.39, 0.29) is 5.88 Å². The number of benzene rings is 4. The summed E-state index contributed by atoms with van der Waals surface area (Å²) in [7, 11) is 4.05. The number of aryl methyl sites for hydroxylation is 1. The quantitative estimate of drug-likeness (QED) is 0.319. The van der Waals surface area contributed by atoms with Crippen molar-refractivity contribution in [1.82, 2.24) is 14.4 Å². The molecule has 5 heteroatoms. The van der Waals surface area contributed by atoms with Gasteiger partial charge in [-0.1, -0.05) is 60.7 Å². The van der Waals surface area contributed by atoms with Crippen molar-refractivity contribution in [3.63, 3.8) is 0 Å². The highest BCUT2D eigenvalue weighted by Crippen LogP contribution is 2.39. The van der Waals surface area contributed by atoms with Crippen LogP contribution in [-0.2, 0) is 0 Å². The number of imidazole rings is 1. The molecule has 0 saturated carbocycles. The standard InChI is InChI=1S/C29H24N4O/c1-18-29(34)33-17-25(19-12-14-22(15-13-19)32(2)3)31-27(28(33)30-18)26-23-10-6-4-8-20(23)16-21-9-5-7-11-24(21)26/h4-17,34H,1-3H3. The molecule has 0 aliphatic rings. The van der Waals surface area contributed by atoms with Crippen LogP contribution < -0.4 is 4.90 Å². The highest BCUT2D eigenvalue weighted by atomic mass is 16.3. The van der Waals surface area contributed by atoms with Gasteiger partial charge in [-0.2, -0.15) is 0 Å². The summed E-state index contributed by atoms with van der Waals surface area (Å²) < 4.78 is 1.75. The maximum absolute atomic E-state index is 10.9. The van der Waals surface area contributed by atoms with Gasteiger partial charge in [-0.3, -0.25) is 4.40 Å². The maximum atomic E-state index is 10.9. The van der Waals surface area contributed by atoms with E-state index in [1.807, 2.05) is 27.2 Å². The predicted molar refractivity (Wildman–Crippen MR) is 140 cm³/mol. The van der Waals surface area contributed by atoms with Crippen LogP contribution in [0.25, 0.3) is 49.7 Å². The van der Waals surface area contributed by atoms with Gasteiger partial charge in [0, 0.05) is 37.1 Å². The number of aromatic nitrogens is 3. The summed E-state index contributed by atoms with van der Waals surface area (Å²) in [5.74, 6) is 0.134. The van der Waals surface area contributed by atoms with Crippen LogP contribution in [-0.4, -0.2) is 33.6 Å². The molecule has 0 bridgehead atoms. The minimum atomic E-state index is 0.134. The van der Waals surface area contributed by atoms with Crippen LogP contribution >= 0.6 is 0 Å². The molecular weight excluding hydrogens is 420 g/mol. The van der Waals surface area contributed by atoms with E-state index in [4.69, 9.17) is 9.97 Å². The lowest BCUT2D eigenvalue weighted by molar-refractivity contribution is 0.444. The lowest BCUT2D eigenvalue weighted by atomic mass is 9.94. The van der Waals surface area contributed by atoms with Gasteiger partial charge in [-0.05, 0) is 46.7 Å². The number of aromatic hydroxyl groups is 1. The van der Waals surface area contributed by atoms with Gasteiger partial charge in [0.2, 0.25) is 5.88 Å². The van der Waals surface area contributed by atoms with Crippen LogP contribution in [0.15, 0.2) is 85.1 Å². The molecule has 0 unspecified atom stereocenters. The molecule has 1 N–H and O–H groups in total. The van der Waals surface area contributed by atoms with E-state index in [9.17, 15) is 5.11 Å². The van der Waals surface area contributed by atoms with Gasteiger partial charge >= 0.3 is 0 Å². The van der Waals surface area contributed by atoms with Gasteiger partial charge < -0.3 is 10.0 Å². The Morgan fingerprint density at radius 1 is 0.794 bits per heavy atom. The first kappa shape index (κ1) is 20.2. The van der Waals surface area contributed by atoms with Crippen molar-refractivity contribution in [3.05, 3.63) is 90.8 Å². The topological polar surface area (TPSA) is 53.7 Å². The van der Waals surface area contributed by atoms with Crippen molar-refractivity contribution >= 4 is 32.9 Å². The van der Waals surface area contributed by atoms with Gasteiger partial charge in [0.15, 0.2) is 5.65 Å². The fourth-order valence-corrected chi connectivity index (χ4v) is 4.65. The first-order valence-corrected chi connectivity index (χ1v) is 11.3. The van der Waals surface area contributed by atoms with Crippen molar-refractivity contribution < 1.29 is 5.11 Å². The van der Waals surface area contributed by atoms with E-state index in [0.29, 0.717) is 11.3 Å². The van der Waals surface area contributed by atoms with E-state index >= 15 is 0 Å². The number of fused-ring (bicyclic) bond motifs is 3. The molecule has 4 aromatic carbocycles. The Hall–Kier alpha value is -4.38. The minimum Gasteiger partial charge on any atom is -0.493 e. The summed E-state index contributed by atoms with van der Waals surface area (Å²) in [5.41, 5.74) is 5.87. The second-order valence-electron chi connectivity index (χ2n) is 8.82. The van der Waals surface area contributed by atoms with E-state index in [0.717, 1.165) is 49.7 Å². The third-order valence-electron chi connectivity index (χ3n) is 6.44. The van der Waals surface area contributed by atoms with Crippen LogP contribution in [0.1, 0.15) is 5.69 Å². The lowest BCUT2D eigenvalue weighted by Crippen LogP contribution is -2.08. The molecule has 0 radical (unpaired) electrons. The predicted octanol–water partition coefficient (Wildman–Crippen LogP) is 6.45. The van der Waals surface area contributed by atoms with Crippen molar-refractivity contribution in [2.24, 2.45) is 0 Å². The number of hydrogen-bond acceptors (Lipinski definition) is 4. The molecule has 6 rings (SSSR count). The smallest absolute Gasteiger partial charge is 0.219 e. The molecule has 166 valence electrons. The monoisotopic (exact) mass is 444 g/mol. The largest absolute Gasteiger partial charge is 0.493 e. The first-order valence-electron chi connectivity index (χ1n) is 11.3. The first-order chi connectivity index (χ1) is 16.5. The lowest BCUT2D eigenvalue weighted by Gasteiger charge is -2.15. The number of rotatable bonds is 3. The van der Waals surface area contributed by atoms with E-state index in [1.54, 1.807) is 4.40 Å². The molecule has 0 fully saturated rings. The van der Waals surface area contributed by atoms with E-state index in [2.05, 4.69) is 83.8 Å². The third kappa shape index (κ3) is 3.09. The summed E-state index contributed by atoms with van der Waals surface area (Å²) >= 11 is 0. The minimum absolute atomic E-state index is 0.134. The van der Waals surface area contributed by atoms with Gasteiger partial charge in [-0.15, -0.1) is 0 Å². The third-order valence-corrected chi connectivity index (χ3v) is 6.44. The SMILES string of the molecule is Cc1nc2c(-c3c4ccccc4cc4ccccc34)nc(-c3ccc(N(C)C)cc3)cn2c1O. The zero-order valence-electron chi connectivity index (χ0n) is 19.3. The van der Waals surface area contributed by atoms with Gasteiger partial charge in [0.05, 0.1) is 5.69 Å². The Bertz CT molecular complexity index is 1640. The Labute approximate surface area is 197 Å². The summed E-state index contributed by atoms with van der Waals surface area (Å²) in [6.07, 6.45) is 1.87. The van der Waals surface area contributed by atoms with Crippen LogP contribution in [0.3, 0.4) is 0 Å². The molecule has 0 aliphatic heterocycles. The average Bonchev–Trinajstić information content (AvgIpc) is 3.15. The fraction of sp³-hybridized carbons (Fsp3) is 0.103. The molecule has 0 saturated heterocycles. The Balaban J connectivity index is 1.73. The second-order valence-corrected chi connectivity index (χ2v) is 8.82. The molecule has 34 heavy (non-hydrogen) atoms. The summed E-state index contributed by atoms with van der Waals surface area (Å²) in [6.45, 7) is 1.82. The van der Waals surface area contributed by atoms with Crippen molar-refractivity contribution in [1.29, 1.82) is 0 Å². The van der Waals surface area contributed by atoms with Gasteiger partial charge in [0.1, 0.15) is 11.4 Å². The normalized spacial score (nSPS) is 11.5. The Morgan fingerprint density at radius 2 is 1.41 bits per heavy atom. The molecular formula is C29H24N4O. The van der Waals surface area contributed by atoms with E-state index in [1.165, 1.54) is 0 Å². The molecule has 2 aromatic heterocycles. The van der Waals surface area contributed by atoms with Crippen LogP contribution in [0, 0.1) is 6.92 Å². The highest BCUT2D eigenvalue weighted by molar-refractivity contribution is 6.13. The fourth-order valence-electron chi connectivity index (χ4n) is 4.65. The van der Waals surface area contributed by atoms with E-state index < -0.39 is 0 Å². The zero-order chi connectivity index (χ0) is 23.4. The van der Waals surface area contributed by atoms with Gasteiger partial charge in [-0.25, -0.2) is 9.97 Å².